The minimum atomic E-state index is 0.688. The molecule has 3 heteroatoms. The number of likely N-dealkylation sites (tertiary alicyclic amines) is 1. The predicted octanol–water partition coefficient (Wildman–Crippen LogP) is 3.17. The number of nitrogens with zero attached hydrogens (tertiary/aromatic N) is 2. The van der Waals surface area contributed by atoms with Crippen LogP contribution in [-0.2, 0) is 0 Å². The Balaban J connectivity index is 2.24. The van der Waals surface area contributed by atoms with Crippen LogP contribution < -0.4 is 0 Å². The van der Waals surface area contributed by atoms with Crippen molar-refractivity contribution in [2.45, 2.75) is 39.5 Å². The highest BCUT2D eigenvalue weighted by Gasteiger charge is 2.40. The summed E-state index contributed by atoms with van der Waals surface area (Å²) in [5.41, 5.74) is 0.688. The van der Waals surface area contributed by atoms with Crippen molar-refractivity contribution in [3.63, 3.8) is 0 Å². The first-order valence-electron chi connectivity index (χ1n) is 6.21. The molecule has 1 saturated heterocycles. The molecule has 0 aromatic carbocycles. The first-order valence-corrected chi connectivity index (χ1v) is 7.17. The predicted molar refractivity (Wildman–Crippen MR) is 75.3 cm³/mol. The molecule has 0 amide bonds. The summed E-state index contributed by atoms with van der Waals surface area (Å²) in [7, 11) is 2.14. The highest BCUT2D eigenvalue weighted by molar-refractivity contribution is 14.1. The molecular formula is C12H25IN2. The Kier molecular flexibility index (Phi) is 5.85. The topological polar surface area (TPSA) is 6.48 Å². The van der Waals surface area contributed by atoms with Crippen LogP contribution >= 0.6 is 22.9 Å². The molecule has 0 radical (unpaired) electrons. The Labute approximate surface area is 109 Å². The molecule has 0 N–H and O–H groups in total. The van der Waals surface area contributed by atoms with E-state index in [1.165, 1.54) is 51.9 Å². The summed E-state index contributed by atoms with van der Waals surface area (Å²) in [4.78, 5) is 2.61. The summed E-state index contributed by atoms with van der Waals surface area (Å²) in [6.45, 7) is 9.76. The summed E-state index contributed by atoms with van der Waals surface area (Å²) in [5, 5.41) is 0. The maximum atomic E-state index is 2.61. The van der Waals surface area contributed by atoms with Crippen molar-refractivity contribution >= 4 is 22.9 Å². The van der Waals surface area contributed by atoms with Crippen molar-refractivity contribution in [3.8, 4) is 0 Å². The molecule has 0 bridgehead atoms. The molecule has 0 saturated carbocycles. The Hall–Kier alpha value is 0.650. The summed E-state index contributed by atoms with van der Waals surface area (Å²) >= 11 is 2.37. The number of hydrogen-bond donors (Lipinski definition) is 0. The normalized spacial score (nSPS) is 20.6. The minimum absolute atomic E-state index is 0.688. The van der Waals surface area contributed by atoms with Gasteiger partial charge in [-0.15, -0.1) is 0 Å². The summed E-state index contributed by atoms with van der Waals surface area (Å²) in [6.07, 6.45) is 5.55. The van der Waals surface area contributed by atoms with E-state index < -0.39 is 0 Å². The van der Waals surface area contributed by atoms with Gasteiger partial charge in [0.05, 0.1) is 0 Å². The van der Waals surface area contributed by atoms with E-state index in [1.807, 2.05) is 0 Å². The van der Waals surface area contributed by atoms with Gasteiger partial charge in [0.2, 0.25) is 0 Å². The molecule has 1 aliphatic rings. The first kappa shape index (κ1) is 13.7. The number of halogens is 1. The van der Waals surface area contributed by atoms with Gasteiger partial charge in [-0.25, -0.2) is 3.11 Å². The molecule has 1 rings (SSSR count). The lowest BCUT2D eigenvalue weighted by Crippen LogP contribution is -2.57. The smallest absolute Gasteiger partial charge is 0.0206 e. The van der Waals surface area contributed by atoms with E-state index in [0.717, 1.165) is 0 Å². The minimum Gasteiger partial charge on any atom is -0.301 e. The fourth-order valence-electron chi connectivity index (χ4n) is 2.84. The summed E-state index contributed by atoms with van der Waals surface area (Å²) < 4.78 is 2.25. The van der Waals surface area contributed by atoms with Gasteiger partial charge in [0, 0.05) is 49.0 Å². The zero-order chi connectivity index (χ0) is 11.3. The summed E-state index contributed by atoms with van der Waals surface area (Å²) in [6, 6.07) is 0. The van der Waals surface area contributed by atoms with Crippen LogP contribution in [0.1, 0.15) is 39.5 Å². The fraction of sp³-hybridized carbons (Fsp3) is 1.00. The SMILES string of the molecule is CCCC1(CCC)CN(CCN(C)I)C1. The molecule has 0 unspecified atom stereocenters. The molecule has 0 aromatic rings. The van der Waals surface area contributed by atoms with Crippen LogP contribution in [0.25, 0.3) is 0 Å². The maximum absolute atomic E-state index is 2.61. The summed E-state index contributed by atoms with van der Waals surface area (Å²) in [5.74, 6) is 0. The average molecular weight is 324 g/mol. The van der Waals surface area contributed by atoms with Crippen LogP contribution in [0.5, 0.6) is 0 Å². The Morgan fingerprint density at radius 3 is 2.13 bits per heavy atom. The van der Waals surface area contributed by atoms with Gasteiger partial charge >= 0.3 is 0 Å². The number of hydrogen-bond acceptors (Lipinski definition) is 2. The third kappa shape index (κ3) is 4.19. The Bertz CT molecular complexity index is 168. The van der Waals surface area contributed by atoms with Gasteiger partial charge in [0.1, 0.15) is 0 Å². The lowest BCUT2D eigenvalue weighted by molar-refractivity contribution is -0.0147. The van der Waals surface area contributed by atoms with Crippen LogP contribution in [0.15, 0.2) is 0 Å². The Morgan fingerprint density at radius 2 is 1.73 bits per heavy atom. The molecule has 1 aliphatic heterocycles. The van der Waals surface area contributed by atoms with Crippen LogP contribution in [0, 0.1) is 5.41 Å². The monoisotopic (exact) mass is 324 g/mol. The van der Waals surface area contributed by atoms with E-state index >= 15 is 0 Å². The molecule has 90 valence electrons. The molecular weight excluding hydrogens is 299 g/mol. The van der Waals surface area contributed by atoms with Crippen molar-refractivity contribution in [1.82, 2.24) is 8.01 Å². The van der Waals surface area contributed by atoms with Gasteiger partial charge in [-0.3, -0.25) is 0 Å². The van der Waals surface area contributed by atoms with Crippen LogP contribution in [0.4, 0.5) is 0 Å². The van der Waals surface area contributed by atoms with E-state index in [1.54, 1.807) is 0 Å². The highest BCUT2D eigenvalue weighted by atomic mass is 127. The van der Waals surface area contributed by atoms with Crippen molar-refractivity contribution < 1.29 is 0 Å². The van der Waals surface area contributed by atoms with E-state index in [9.17, 15) is 0 Å². The lowest BCUT2D eigenvalue weighted by atomic mass is 9.73. The molecule has 1 heterocycles. The molecule has 2 nitrogen and oxygen atoms in total. The van der Waals surface area contributed by atoms with Crippen LogP contribution in [0.3, 0.4) is 0 Å². The largest absolute Gasteiger partial charge is 0.301 e. The zero-order valence-corrected chi connectivity index (χ0v) is 12.6. The number of rotatable bonds is 7. The van der Waals surface area contributed by atoms with Gasteiger partial charge in [-0.05, 0) is 25.3 Å². The third-order valence-electron chi connectivity index (χ3n) is 3.40. The molecule has 15 heavy (non-hydrogen) atoms. The lowest BCUT2D eigenvalue weighted by Gasteiger charge is -2.51. The average Bonchev–Trinajstić information content (AvgIpc) is 2.11. The van der Waals surface area contributed by atoms with Gasteiger partial charge in [0.25, 0.3) is 0 Å². The van der Waals surface area contributed by atoms with E-state index in [-0.39, 0.29) is 0 Å². The molecule has 1 fully saturated rings. The quantitative estimate of drug-likeness (QED) is 0.524. The van der Waals surface area contributed by atoms with Crippen molar-refractivity contribution in [1.29, 1.82) is 0 Å². The molecule has 0 aromatic heterocycles. The first-order chi connectivity index (χ1) is 7.12. The fourth-order valence-corrected chi connectivity index (χ4v) is 3.06. The van der Waals surface area contributed by atoms with Crippen LogP contribution in [0.2, 0.25) is 0 Å². The van der Waals surface area contributed by atoms with Gasteiger partial charge < -0.3 is 4.90 Å². The van der Waals surface area contributed by atoms with E-state index in [0.29, 0.717) is 5.41 Å². The van der Waals surface area contributed by atoms with E-state index in [2.05, 4.69) is 51.8 Å². The standard InChI is InChI=1S/C12H25IN2/c1-4-6-12(7-5-2)10-15(11-12)9-8-14(3)13/h4-11H2,1-3H3. The van der Waals surface area contributed by atoms with Gasteiger partial charge in [-0.1, -0.05) is 26.7 Å². The third-order valence-corrected chi connectivity index (χ3v) is 3.89. The Morgan fingerprint density at radius 1 is 1.20 bits per heavy atom. The van der Waals surface area contributed by atoms with Crippen LogP contribution in [-0.4, -0.2) is 41.2 Å². The van der Waals surface area contributed by atoms with Crippen molar-refractivity contribution in [2.24, 2.45) is 5.41 Å². The zero-order valence-electron chi connectivity index (χ0n) is 10.4. The molecule has 0 spiro atoms. The second kappa shape index (κ2) is 6.40. The van der Waals surface area contributed by atoms with E-state index in [4.69, 9.17) is 0 Å². The van der Waals surface area contributed by atoms with Gasteiger partial charge in [-0.2, -0.15) is 0 Å². The molecule has 0 atom stereocenters. The van der Waals surface area contributed by atoms with Gasteiger partial charge in [0.15, 0.2) is 0 Å². The molecule has 0 aliphatic carbocycles. The second-order valence-electron chi connectivity index (χ2n) is 5.04. The van der Waals surface area contributed by atoms with Crippen molar-refractivity contribution in [3.05, 3.63) is 0 Å². The maximum Gasteiger partial charge on any atom is 0.0206 e. The van der Waals surface area contributed by atoms with Crippen molar-refractivity contribution in [2.75, 3.05) is 33.2 Å². The highest BCUT2D eigenvalue weighted by Crippen LogP contribution is 2.39. The second-order valence-corrected chi connectivity index (χ2v) is 6.69. The number of likely N-dealkylation sites (N-methyl/N-ethyl adjacent to an activating group) is 1.